The van der Waals surface area contributed by atoms with Gasteiger partial charge in [-0.15, -0.1) is 0 Å². The Morgan fingerprint density at radius 3 is 2.53 bits per heavy atom. The van der Waals surface area contributed by atoms with Crippen molar-refractivity contribution in [3.63, 3.8) is 0 Å². The van der Waals surface area contributed by atoms with Gasteiger partial charge in [0.05, 0.1) is 12.1 Å². The number of methoxy groups -OCH3 is 1. The number of alkyl halides is 3. The highest BCUT2D eigenvalue weighted by Gasteiger charge is 2.40. The molecule has 1 N–H and O–H groups in total. The molecule has 0 radical (unpaired) electrons. The Morgan fingerprint density at radius 2 is 2.06 bits per heavy atom. The van der Waals surface area contributed by atoms with Gasteiger partial charge in [-0.1, -0.05) is 24.6 Å². The van der Waals surface area contributed by atoms with Crippen LogP contribution in [0.25, 0.3) is 0 Å². The van der Waals surface area contributed by atoms with E-state index in [0.717, 1.165) is 0 Å². The van der Waals surface area contributed by atoms with E-state index in [0.29, 0.717) is 0 Å². The maximum atomic E-state index is 12.8. The first-order valence-electron chi connectivity index (χ1n) is 5.03. The molecule has 0 aliphatic carbocycles. The molecule has 1 unspecified atom stereocenters. The molecule has 0 aromatic heterocycles. The summed E-state index contributed by atoms with van der Waals surface area (Å²) < 4.78 is 43.3. The van der Waals surface area contributed by atoms with E-state index in [1.165, 1.54) is 25.3 Å². The second kappa shape index (κ2) is 5.60. The van der Waals surface area contributed by atoms with Gasteiger partial charge in [0.1, 0.15) is 11.8 Å². The molecule has 0 aliphatic heterocycles. The SMILES string of the molecule is CCNC(c1ccc(Cl)c(OC)c1)C(F)(F)F. The van der Waals surface area contributed by atoms with Gasteiger partial charge in [0.15, 0.2) is 0 Å². The summed E-state index contributed by atoms with van der Waals surface area (Å²) in [4.78, 5) is 0. The van der Waals surface area contributed by atoms with Crippen LogP contribution in [0.15, 0.2) is 18.2 Å². The van der Waals surface area contributed by atoms with Gasteiger partial charge in [-0.2, -0.15) is 13.2 Å². The van der Waals surface area contributed by atoms with Gasteiger partial charge in [-0.25, -0.2) is 0 Å². The summed E-state index contributed by atoms with van der Waals surface area (Å²) in [6.07, 6.45) is -4.35. The molecule has 0 aliphatic rings. The first kappa shape index (κ1) is 14.1. The van der Waals surface area contributed by atoms with E-state index in [9.17, 15) is 13.2 Å². The van der Waals surface area contributed by atoms with Crippen molar-refractivity contribution in [2.45, 2.75) is 19.1 Å². The number of nitrogens with one attached hydrogen (secondary N) is 1. The van der Waals surface area contributed by atoms with Crippen molar-refractivity contribution in [3.05, 3.63) is 28.8 Å². The molecule has 17 heavy (non-hydrogen) atoms. The molecule has 0 saturated heterocycles. The standard InChI is InChI=1S/C11H13ClF3NO/c1-3-16-10(11(13,14)15)7-4-5-8(12)9(6-7)17-2/h4-6,10,16H,3H2,1-2H3. The van der Waals surface area contributed by atoms with Crippen LogP contribution in [0, 0.1) is 0 Å². The smallest absolute Gasteiger partial charge is 0.407 e. The summed E-state index contributed by atoms with van der Waals surface area (Å²) in [5.41, 5.74) is 0.0839. The summed E-state index contributed by atoms with van der Waals surface area (Å²) >= 11 is 5.77. The van der Waals surface area contributed by atoms with Gasteiger partial charge in [0.25, 0.3) is 0 Å². The van der Waals surface area contributed by atoms with Crippen LogP contribution >= 0.6 is 11.6 Å². The predicted molar refractivity (Wildman–Crippen MR) is 60.5 cm³/mol. The van der Waals surface area contributed by atoms with E-state index in [1.54, 1.807) is 6.92 Å². The van der Waals surface area contributed by atoms with Crippen molar-refractivity contribution in [1.29, 1.82) is 0 Å². The molecule has 1 rings (SSSR count). The molecule has 96 valence electrons. The largest absolute Gasteiger partial charge is 0.495 e. The maximum absolute atomic E-state index is 12.8. The maximum Gasteiger partial charge on any atom is 0.407 e. The van der Waals surface area contributed by atoms with Crippen LogP contribution < -0.4 is 10.1 Å². The van der Waals surface area contributed by atoms with Crippen molar-refractivity contribution >= 4 is 11.6 Å². The molecule has 0 saturated carbocycles. The van der Waals surface area contributed by atoms with Gasteiger partial charge < -0.3 is 10.1 Å². The molecule has 1 atom stereocenters. The van der Waals surface area contributed by atoms with E-state index < -0.39 is 12.2 Å². The van der Waals surface area contributed by atoms with Gasteiger partial charge >= 0.3 is 6.18 Å². The number of hydrogen-bond acceptors (Lipinski definition) is 2. The second-order valence-corrected chi connectivity index (χ2v) is 3.83. The van der Waals surface area contributed by atoms with Gasteiger partial charge in [0.2, 0.25) is 0 Å². The Hall–Kier alpha value is -0.940. The van der Waals surface area contributed by atoms with Crippen LogP contribution in [0.3, 0.4) is 0 Å². The first-order chi connectivity index (χ1) is 7.90. The number of benzene rings is 1. The molecule has 1 aromatic rings. The Kier molecular flexibility index (Phi) is 4.65. The average molecular weight is 268 g/mol. The molecule has 6 heteroatoms. The van der Waals surface area contributed by atoms with E-state index in [1.807, 2.05) is 0 Å². The fraction of sp³-hybridized carbons (Fsp3) is 0.455. The Balaban J connectivity index is 3.10. The van der Waals surface area contributed by atoms with Crippen LogP contribution in [-0.4, -0.2) is 19.8 Å². The Bertz CT molecular complexity index is 381. The lowest BCUT2D eigenvalue weighted by molar-refractivity contribution is -0.157. The summed E-state index contributed by atoms with van der Waals surface area (Å²) in [6.45, 7) is 1.83. The molecule has 0 bridgehead atoms. The van der Waals surface area contributed by atoms with Crippen molar-refractivity contribution < 1.29 is 17.9 Å². The molecule has 0 heterocycles. The Morgan fingerprint density at radius 1 is 1.41 bits per heavy atom. The number of rotatable bonds is 4. The third kappa shape index (κ3) is 3.51. The molecular weight excluding hydrogens is 255 g/mol. The van der Waals surface area contributed by atoms with Crippen LogP contribution in [0.4, 0.5) is 13.2 Å². The quantitative estimate of drug-likeness (QED) is 0.901. The highest BCUT2D eigenvalue weighted by Crippen LogP contribution is 2.35. The minimum Gasteiger partial charge on any atom is -0.495 e. The van der Waals surface area contributed by atoms with Crippen molar-refractivity contribution in [3.8, 4) is 5.75 Å². The predicted octanol–water partition coefficient (Wildman–Crippen LogP) is 3.56. The molecule has 0 amide bonds. The van der Waals surface area contributed by atoms with E-state index in [4.69, 9.17) is 16.3 Å². The fourth-order valence-corrected chi connectivity index (χ4v) is 1.68. The highest BCUT2D eigenvalue weighted by molar-refractivity contribution is 6.32. The normalized spacial score (nSPS) is 13.5. The summed E-state index contributed by atoms with van der Waals surface area (Å²) in [6, 6.07) is 2.32. The Labute approximate surface area is 103 Å². The zero-order chi connectivity index (χ0) is 13.1. The zero-order valence-corrected chi connectivity index (χ0v) is 10.2. The van der Waals surface area contributed by atoms with Gasteiger partial charge in [-0.3, -0.25) is 0 Å². The summed E-state index contributed by atoms with van der Waals surface area (Å²) in [7, 11) is 1.36. The number of hydrogen-bond donors (Lipinski definition) is 1. The van der Waals surface area contributed by atoms with Crippen LogP contribution in [0.2, 0.25) is 5.02 Å². The van der Waals surface area contributed by atoms with E-state index in [2.05, 4.69) is 5.32 Å². The second-order valence-electron chi connectivity index (χ2n) is 3.43. The fourth-order valence-electron chi connectivity index (χ4n) is 1.48. The van der Waals surface area contributed by atoms with Crippen molar-refractivity contribution in [2.24, 2.45) is 0 Å². The monoisotopic (exact) mass is 267 g/mol. The third-order valence-corrected chi connectivity index (χ3v) is 2.56. The molecule has 0 spiro atoms. The number of halogens is 4. The lowest BCUT2D eigenvalue weighted by Crippen LogP contribution is -2.34. The summed E-state index contributed by atoms with van der Waals surface area (Å²) in [5, 5.41) is 2.67. The van der Waals surface area contributed by atoms with Crippen LogP contribution in [-0.2, 0) is 0 Å². The van der Waals surface area contributed by atoms with Crippen LogP contribution in [0.1, 0.15) is 18.5 Å². The highest BCUT2D eigenvalue weighted by atomic mass is 35.5. The zero-order valence-electron chi connectivity index (χ0n) is 9.44. The third-order valence-electron chi connectivity index (χ3n) is 2.24. The summed E-state index contributed by atoms with van der Waals surface area (Å²) in [5.74, 6) is 0.233. The van der Waals surface area contributed by atoms with Gasteiger partial charge in [-0.05, 0) is 24.2 Å². The minimum atomic E-state index is -4.35. The van der Waals surface area contributed by atoms with E-state index >= 15 is 0 Å². The molecular formula is C11H13ClF3NO. The van der Waals surface area contributed by atoms with Gasteiger partial charge in [0, 0.05) is 0 Å². The topological polar surface area (TPSA) is 21.3 Å². The molecule has 0 fully saturated rings. The number of ether oxygens (including phenoxy) is 1. The first-order valence-corrected chi connectivity index (χ1v) is 5.41. The molecule has 2 nitrogen and oxygen atoms in total. The van der Waals surface area contributed by atoms with Crippen molar-refractivity contribution in [2.75, 3.05) is 13.7 Å². The van der Waals surface area contributed by atoms with Crippen LogP contribution in [0.5, 0.6) is 5.75 Å². The minimum absolute atomic E-state index is 0.0839. The molecule has 1 aromatic carbocycles. The van der Waals surface area contributed by atoms with Crippen molar-refractivity contribution in [1.82, 2.24) is 5.32 Å². The lowest BCUT2D eigenvalue weighted by Gasteiger charge is -2.22. The lowest BCUT2D eigenvalue weighted by atomic mass is 10.1. The average Bonchev–Trinajstić information content (AvgIpc) is 2.25. The van der Waals surface area contributed by atoms with E-state index in [-0.39, 0.29) is 22.9 Å².